The van der Waals surface area contributed by atoms with Crippen LogP contribution >= 0.6 is 0 Å². The normalized spacial score (nSPS) is 11.7. The largest absolute Gasteiger partial charge is 0.497 e. The molecule has 5 heteroatoms. The Morgan fingerprint density at radius 3 is 2.53 bits per heavy atom. The number of methoxy groups -OCH3 is 1. The third-order valence-corrected chi connectivity index (χ3v) is 2.91. The molecule has 1 amide bonds. The van der Waals surface area contributed by atoms with E-state index in [2.05, 4.69) is 0 Å². The fourth-order valence-electron chi connectivity index (χ4n) is 1.81. The summed E-state index contributed by atoms with van der Waals surface area (Å²) < 4.78 is 5.12. The lowest BCUT2D eigenvalue weighted by Crippen LogP contribution is -2.24. The minimum atomic E-state index is -0.917. The Morgan fingerprint density at radius 2 is 2.00 bits per heavy atom. The highest BCUT2D eigenvalue weighted by Gasteiger charge is 2.20. The molecule has 0 bridgehead atoms. The molecular weight excluding hydrogens is 246 g/mol. The molecule has 0 heterocycles. The van der Waals surface area contributed by atoms with Gasteiger partial charge in [-0.2, -0.15) is 0 Å². The van der Waals surface area contributed by atoms with E-state index in [0.717, 1.165) is 5.56 Å². The minimum absolute atomic E-state index is 0.0766. The van der Waals surface area contributed by atoms with Gasteiger partial charge < -0.3 is 14.7 Å². The number of hydrogen-bond donors (Lipinski definition) is 1. The zero-order valence-corrected chi connectivity index (χ0v) is 11.4. The molecule has 0 spiro atoms. The van der Waals surface area contributed by atoms with Crippen LogP contribution in [0.25, 0.3) is 0 Å². The first-order valence-corrected chi connectivity index (χ1v) is 6.00. The minimum Gasteiger partial charge on any atom is -0.497 e. The number of amides is 1. The van der Waals surface area contributed by atoms with Crippen LogP contribution in [-0.4, -0.2) is 43.1 Å². The van der Waals surface area contributed by atoms with Crippen LogP contribution in [0, 0.1) is 0 Å². The molecule has 1 atom stereocenters. The van der Waals surface area contributed by atoms with Gasteiger partial charge in [-0.15, -0.1) is 0 Å². The highest BCUT2D eigenvalue weighted by atomic mass is 16.5. The van der Waals surface area contributed by atoms with Crippen LogP contribution in [0.4, 0.5) is 0 Å². The Hall–Kier alpha value is -2.04. The summed E-state index contributed by atoms with van der Waals surface area (Å²) in [6.07, 6.45) is 0.0964. The fraction of sp³-hybridized carbons (Fsp3) is 0.429. The molecule has 1 unspecified atom stereocenters. The summed E-state index contributed by atoms with van der Waals surface area (Å²) in [6.45, 7) is 0. The summed E-state index contributed by atoms with van der Waals surface area (Å²) in [6, 6.07) is 7.17. The molecule has 0 aliphatic rings. The summed E-state index contributed by atoms with van der Waals surface area (Å²) in [7, 11) is 4.87. The third-order valence-electron chi connectivity index (χ3n) is 2.91. The lowest BCUT2D eigenvalue weighted by molar-refractivity contribution is -0.137. The quantitative estimate of drug-likeness (QED) is 0.850. The summed E-state index contributed by atoms with van der Waals surface area (Å²) >= 11 is 0. The van der Waals surface area contributed by atoms with Crippen molar-refractivity contribution in [3.8, 4) is 5.75 Å². The van der Waals surface area contributed by atoms with Crippen molar-refractivity contribution < 1.29 is 19.4 Å². The van der Waals surface area contributed by atoms with Gasteiger partial charge in [-0.05, 0) is 17.7 Å². The summed E-state index contributed by atoms with van der Waals surface area (Å²) in [4.78, 5) is 24.2. The van der Waals surface area contributed by atoms with E-state index in [1.807, 2.05) is 6.07 Å². The topological polar surface area (TPSA) is 66.8 Å². The second-order valence-corrected chi connectivity index (χ2v) is 4.56. The van der Waals surface area contributed by atoms with Crippen LogP contribution in [0.1, 0.15) is 24.3 Å². The zero-order valence-electron chi connectivity index (χ0n) is 11.4. The second-order valence-electron chi connectivity index (χ2n) is 4.56. The zero-order chi connectivity index (χ0) is 14.4. The number of hydrogen-bond acceptors (Lipinski definition) is 3. The van der Waals surface area contributed by atoms with Crippen molar-refractivity contribution in [2.24, 2.45) is 0 Å². The van der Waals surface area contributed by atoms with Crippen molar-refractivity contribution in [1.82, 2.24) is 4.90 Å². The first kappa shape index (κ1) is 15.0. The number of carboxylic acid groups (broad SMARTS) is 1. The molecule has 0 saturated carbocycles. The highest BCUT2D eigenvalue weighted by Crippen LogP contribution is 2.27. The SMILES string of the molecule is COc1cccc(C(CC(=O)O)CC(=O)N(C)C)c1. The standard InChI is InChI=1S/C14H19NO4/c1-15(2)13(16)8-11(9-14(17)18)10-5-4-6-12(7-10)19-3/h4-7,11H,8-9H2,1-3H3,(H,17,18). The third kappa shape index (κ3) is 4.62. The number of carbonyl (C=O) groups excluding carboxylic acids is 1. The summed E-state index contributed by atoms with van der Waals surface area (Å²) in [5.74, 6) is -0.693. The molecule has 19 heavy (non-hydrogen) atoms. The van der Waals surface area contributed by atoms with Crippen molar-refractivity contribution >= 4 is 11.9 Å². The number of benzene rings is 1. The van der Waals surface area contributed by atoms with Crippen LogP contribution in [0.15, 0.2) is 24.3 Å². The number of carbonyl (C=O) groups is 2. The smallest absolute Gasteiger partial charge is 0.303 e. The van der Waals surface area contributed by atoms with Crippen molar-refractivity contribution in [1.29, 1.82) is 0 Å². The number of aliphatic carboxylic acids is 1. The maximum Gasteiger partial charge on any atom is 0.303 e. The van der Waals surface area contributed by atoms with Crippen LogP contribution in [0.5, 0.6) is 5.75 Å². The van der Waals surface area contributed by atoms with E-state index in [1.165, 1.54) is 4.90 Å². The summed E-state index contributed by atoms with van der Waals surface area (Å²) in [5.41, 5.74) is 0.803. The molecular formula is C14H19NO4. The van der Waals surface area contributed by atoms with Gasteiger partial charge in [0.15, 0.2) is 0 Å². The predicted molar refractivity (Wildman–Crippen MR) is 71.3 cm³/mol. The highest BCUT2D eigenvalue weighted by molar-refractivity contribution is 5.78. The number of carboxylic acids is 1. The Morgan fingerprint density at radius 1 is 1.32 bits per heavy atom. The molecule has 0 aliphatic heterocycles. The Balaban J connectivity index is 2.94. The van der Waals surface area contributed by atoms with Gasteiger partial charge in [-0.3, -0.25) is 9.59 Å². The maximum atomic E-state index is 11.8. The van der Waals surface area contributed by atoms with E-state index in [4.69, 9.17) is 9.84 Å². The molecule has 5 nitrogen and oxygen atoms in total. The average molecular weight is 265 g/mol. The van der Waals surface area contributed by atoms with E-state index in [0.29, 0.717) is 5.75 Å². The van der Waals surface area contributed by atoms with Gasteiger partial charge in [-0.1, -0.05) is 12.1 Å². The Bertz CT molecular complexity index is 457. The maximum absolute atomic E-state index is 11.8. The molecule has 1 aromatic rings. The van der Waals surface area contributed by atoms with Crippen LogP contribution in [0.3, 0.4) is 0 Å². The number of nitrogens with zero attached hydrogens (tertiary/aromatic N) is 1. The first-order chi connectivity index (χ1) is 8.93. The monoisotopic (exact) mass is 265 g/mol. The lowest BCUT2D eigenvalue weighted by atomic mass is 9.92. The van der Waals surface area contributed by atoms with E-state index in [1.54, 1.807) is 39.4 Å². The molecule has 0 saturated heterocycles. The molecule has 104 valence electrons. The Labute approximate surface area is 112 Å². The molecule has 1 N–H and O–H groups in total. The van der Waals surface area contributed by atoms with Crippen molar-refractivity contribution in [2.75, 3.05) is 21.2 Å². The molecule has 0 radical (unpaired) electrons. The van der Waals surface area contributed by atoms with E-state index in [-0.39, 0.29) is 24.7 Å². The molecule has 0 fully saturated rings. The van der Waals surface area contributed by atoms with E-state index in [9.17, 15) is 9.59 Å². The molecule has 0 aliphatic carbocycles. The van der Waals surface area contributed by atoms with Crippen molar-refractivity contribution in [3.05, 3.63) is 29.8 Å². The Kier molecular flexibility index (Phi) is 5.36. The second kappa shape index (κ2) is 6.78. The van der Waals surface area contributed by atoms with Crippen LogP contribution < -0.4 is 4.74 Å². The van der Waals surface area contributed by atoms with Crippen molar-refractivity contribution in [3.63, 3.8) is 0 Å². The van der Waals surface area contributed by atoms with Gasteiger partial charge in [-0.25, -0.2) is 0 Å². The lowest BCUT2D eigenvalue weighted by Gasteiger charge is -2.18. The van der Waals surface area contributed by atoms with Crippen molar-refractivity contribution in [2.45, 2.75) is 18.8 Å². The molecule has 1 aromatic carbocycles. The molecule has 0 aromatic heterocycles. The van der Waals surface area contributed by atoms with Gasteiger partial charge in [0, 0.05) is 26.4 Å². The van der Waals surface area contributed by atoms with Gasteiger partial charge in [0.1, 0.15) is 5.75 Å². The van der Waals surface area contributed by atoms with Crippen LogP contribution in [-0.2, 0) is 9.59 Å². The van der Waals surface area contributed by atoms with Gasteiger partial charge in [0.2, 0.25) is 5.91 Å². The van der Waals surface area contributed by atoms with E-state index >= 15 is 0 Å². The van der Waals surface area contributed by atoms with Gasteiger partial charge in [0.05, 0.1) is 13.5 Å². The number of ether oxygens (including phenoxy) is 1. The van der Waals surface area contributed by atoms with E-state index < -0.39 is 5.97 Å². The predicted octanol–water partition coefficient (Wildman–Crippen LogP) is 1.73. The fourth-order valence-corrected chi connectivity index (χ4v) is 1.81. The van der Waals surface area contributed by atoms with Crippen LogP contribution in [0.2, 0.25) is 0 Å². The van der Waals surface area contributed by atoms with Gasteiger partial charge in [0.25, 0.3) is 0 Å². The first-order valence-electron chi connectivity index (χ1n) is 6.00. The summed E-state index contributed by atoms with van der Waals surface area (Å²) in [5, 5.41) is 8.97. The van der Waals surface area contributed by atoms with Gasteiger partial charge >= 0.3 is 5.97 Å². The average Bonchev–Trinajstić information content (AvgIpc) is 2.37. The number of rotatable bonds is 6. The molecule has 1 rings (SSSR count).